The number of hydrogen-bond acceptors (Lipinski definition) is 5. The third-order valence-electron chi connectivity index (χ3n) is 5.73. The van der Waals surface area contributed by atoms with Gasteiger partial charge in [0.25, 0.3) is 0 Å². The Morgan fingerprint density at radius 1 is 1.14 bits per heavy atom. The Labute approximate surface area is 213 Å². The Morgan fingerprint density at radius 3 is 2.66 bits per heavy atom. The molecule has 3 aromatic rings. The Kier molecular flexibility index (Phi) is 10.4. The molecule has 1 aromatic heterocycles. The van der Waals surface area contributed by atoms with Crippen molar-refractivity contribution < 1.29 is 14.3 Å². The molecule has 0 spiro atoms. The van der Waals surface area contributed by atoms with Crippen molar-refractivity contribution in [3.63, 3.8) is 0 Å². The zero-order valence-corrected chi connectivity index (χ0v) is 22.0. The minimum atomic E-state index is 0.382. The molecule has 190 valence electrons. The van der Waals surface area contributed by atoms with Crippen LogP contribution in [0, 0.1) is 5.92 Å². The Bertz CT molecular complexity index is 1090. The largest absolute Gasteiger partial charge is 0.492 e. The van der Waals surface area contributed by atoms with Gasteiger partial charge in [0.1, 0.15) is 18.2 Å². The van der Waals surface area contributed by atoms with Crippen molar-refractivity contribution in [1.82, 2.24) is 14.5 Å². The molecule has 2 aromatic carbocycles. The van der Waals surface area contributed by atoms with Crippen LogP contribution in [-0.4, -0.2) is 60.8 Å². The summed E-state index contributed by atoms with van der Waals surface area (Å²) >= 11 is 6.26. The quantitative estimate of drug-likeness (QED) is 0.267. The maximum absolute atomic E-state index is 11.5. The van der Waals surface area contributed by atoms with Crippen molar-refractivity contribution in [3.8, 4) is 5.75 Å². The van der Waals surface area contributed by atoms with E-state index in [2.05, 4.69) is 30.2 Å². The number of carbonyl (C=O) groups is 1. The average Bonchev–Trinajstić information content (AvgIpc) is 3.17. The summed E-state index contributed by atoms with van der Waals surface area (Å²) in [6, 6.07) is 13.5. The summed E-state index contributed by atoms with van der Waals surface area (Å²) in [5.41, 5.74) is 2.86. The standard InChI is InChI=1S/C27H37ClN4O3/c1-5-11-32-26-16-22(28)9-10-25(26)29-27(32)19-30(12-14-34-4)13-15-35-24-8-6-7-23(17-24)31(20-33)18-21(2)3/h6-10,16-17,20-21H,5,11-15,18-19H2,1-4H3. The molecule has 0 atom stereocenters. The molecule has 0 saturated heterocycles. The van der Waals surface area contributed by atoms with Crippen LogP contribution in [0.2, 0.25) is 5.02 Å². The number of nitrogens with zero attached hydrogens (tertiary/aromatic N) is 4. The first-order valence-corrected chi connectivity index (χ1v) is 12.6. The van der Waals surface area contributed by atoms with Crippen molar-refractivity contribution >= 4 is 34.7 Å². The van der Waals surface area contributed by atoms with Gasteiger partial charge in [-0.05, 0) is 42.7 Å². The molecule has 0 aliphatic carbocycles. The van der Waals surface area contributed by atoms with Crippen molar-refractivity contribution in [1.29, 1.82) is 0 Å². The topological polar surface area (TPSA) is 59.8 Å². The van der Waals surface area contributed by atoms with Crippen LogP contribution in [0.3, 0.4) is 0 Å². The number of carbonyl (C=O) groups excluding carboxylic acids is 1. The summed E-state index contributed by atoms with van der Waals surface area (Å²) in [6.07, 6.45) is 1.89. The minimum absolute atomic E-state index is 0.382. The number of rotatable bonds is 15. The highest BCUT2D eigenvalue weighted by Gasteiger charge is 2.15. The summed E-state index contributed by atoms with van der Waals surface area (Å²) in [5.74, 6) is 2.14. The highest BCUT2D eigenvalue weighted by Crippen LogP contribution is 2.23. The fraction of sp³-hybridized carbons (Fsp3) is 0.481. The number of amides is 1. The van der Waals surface area contributed by atoms with Crippen LogP contribution in [0.1, 0.15) is 33.0 Å². The molecule has 7 nitrogen and oxygen atoms in total. The first kappa shape index (κ1) is 27.0. The molecule has 1 heterocycles. The summed E-state index contributed by atoms with van der Waals surface area (Å²) in [4.78, 5) is 20.4. The van der Waals surface area contributed by atoms with Crippen molar-refractivity contribution in [2.45, 2.75) is 40.3 Å². The van der Waals surface area contributed by atoms with Crippen LogP contribution in [0.4, 0.5) is 5.69 Å². The SMILES string of the molecule is CCCn1c(CN(CCOC)CCOc2cccc(N(C=O)CC(C)C)c2)nc2ccc(Cl)cc21. The first-order chi connectivity index (χ1) is 16.9. The molecule has 35 heavy (non-hydrogen) atoms. The van der Waals surface area contributed by atoms with Crippen LogP contribution in [-0.2, 0) is 22.6 Å². The molecule has 0 radical (unpaired) electrons. The van der Waals surface area contributed by atoms with Gasteiger partial charge in [-0.2, -0.15) is 0 Å². The smallest absolute Gasteiger partial charge is 0.214 e. The van der Waals surface area contributed by atoms with E-state index in [1.165, 1.54) is 0 Å². The molecule has 0 N–H and O–H groups in total. The van der Waals surface area contributed by atoms with E-state index in [9.17, 15) is 4.79 Å². The highest BCUT2D eigenvalue weighted by molar-refractivity contribution is 6.31. The van der Waals surface area contributed by atoms with E-state index < -0.39 is 0 Å². The highest BCUT2D eigenvalue weighted by atomic mass is 35.5. The Morgan fingerprint density at radius 2 is 1.94 bits per heavy atom. The monoisotopic (exact) mass is 500 g/mol. The fourth-order valence-corrected chi connectivity index (χ4v) is 4.24. The van der Waals surface area contributed by atoms with Crippen molar-refractivity contribution in [2.75, 3.05) is 44.9 Å². The summed E-state index contributed by atoms with van der Waals surface area (Å²) in [7, 11) is 1.71. The normalized spacial score (nSPS) is 11.5. The number of benzene rings is 2. The van der Waals surface area contributed by atoms with E-state index >= 15 is 0 Å². The molecule has 8 heteroatoms. The van der Waals surface area contributed by atoms with Crippen LogP contribution in [0.25, 0.3) is 11.0 Å². The summed E-state index contributed by atoms with van der Waals surface area (Å²) < 4.78 is 13.7. The van der Waals surface area contributed by atoms with Gasteiger partial charge in [0.15, 0.2) is 0 Å². The van der Waals surface area contributed by atoms with Gasteiger partial charge in [0, 0.05) is 50.1 Å². The lowest BCUT2D eigenvalue weighted by Gasteiger charge is -2.23. The number of fused-ring (bicyclic) bond motifs is 1. The van der Waals surface area contributed by atoms with E-state index in [4.69, 9.17) is 26.1 Å². The third kappa shape index (κ3) is 7.69. The van der Waals surface area contributed by atoms with E-state index in [0.29, 0.717) is 38.8 Å². The zero-order chi connectivity index (χ0) is 25.2. The number of hydrogen-bond donors (Lipinski definition) is 0. The van der Waals surface area contributed by atoms with Gasteiger partial charge in [-0.3, -0.25) is 9.69 Å². The Hall–Kier alpha value is -2.61. The first-order valence-electron chi connectivity index (χ1n) is 12.3. The number of ether oxygens (including phenoxy) is 2. The van der Waals surface area contributed by atoms with E-state index in [-0.39, 0.29) is 0 Å². The molecule has 0 unspecified atom stereocenters. The van der Waals surface area contributed by atoms with Crippen LogP contribution >= 0.6 is 11.6 Å². The van der Waals surface area contributed by atoms with Gasteiger partial charge < -0.3 is 18.9 Å². The molecule has 0 aliphatic heterocycles. The van der Waals surface area contributed by atoms with Gasteiger partial charge in [0.2, 0.25) is 6.41 Å². The van der Waals surface area contributed by atoms with Crippen molar-refractivity contribution in [2.24, 2.45) is 5.92 Å². The number of halogens is 1. The Balaban J connectivity index is 1.69. The van der Waals surface area contributed by atoms with Crippen LogP contribution < -0.4 is 9.64 Å². The molecular formula is C27H37ClN4O3. The van der Waals surface area contributed by atoms with E-state index in [1.807, 2.05) is 42.5 Å². The van der Waals surface area contributed by atoms with Gasteiger partial charge in [-0.15, -0.1) is 0 Å². The molecule has 0 fully saturated rings. The van der Waals surface area contributed by atoms with E-state index in [0.717, 1.165) is 59.2 Å². The van der Waals surface area contributed by atoms with Gasteiger partial charge in [0.05, 0.1) is 24.2 Å². The number of aromatic nitrogens is 2. The second-order valence-corrected chi connectivity index (χ2v) is 9.52. The number of imidazole rings is 1. The maximum Gasteiger partial charge on any atom is 0.214 e. The second-order valence-electron chi connectivity index (χ2n) is 9.08. The van der Waals surface area contributed by atoms with Gasteiger partial charge in [-0.1, -0.05) is 38.4 Å². The average molecular weight is 501 g/mol. The predicted octanol–water partition coefficient (Wildman–Crippen LogP) is 5.25. The van der Waals surface area contributed by atoms with Crippen LogP contribution in [0.5, 0.6) is 5.75 Å². The van der Waals surface area contributed by atoms with Crippen LogP contribution in [0.15, 0.2) is 42.5 Å². The molecule has 0 aliphatic rings. The minimum Gasteiger partial charge on any atom is -0.492 e. The predicted molar refractivity (Wildman–Crippen MR) is 142 cm³/mol. The number of anilines is 1. The second kappa shape index (κ2) is 13.5. The maximum atomic E-state index is 11.5. The molecular weight excluding hydrogens is 464 g/mol. The molecule has 0 bridgehead atoms. The molecule has 0 saturated carbocycles. The lowest BCUT2D eigenvalue weighted by Crippen LogP contribution is -2.32. The molecule has 1 amide bonds. The summed E-state index contributed by atoms with van der Waals surface area (Å²) in [6.45, 7) is 11.2. The summed E-state index contributed by atoms with van der Waals surface area (Å²) in [5, 5.41) is 0.717. The van der Waals surface area contributed by atoms with Crippen molar-refractivity contribution in [3.05, 3.63) is 53.3 Å². The van der Waals surface area contributed by atoms with Gasteiger partial charge in [-0.25, -0.2) is 4.98 Å². The number of methoxy groups -OCH3 is 1. The lowest BCUT2D eigenvalue weighted by molar-refractivity contribution is -0.107. The number of aryl methyl sites for hydroxylation is 1. The molecule has 3 rings (SSSR count). The third-order valence-corrected chi connectivity index (χ3v) is 5.96. The van der Waals surface area contributed by atoms with E-state index in [1.54, 1.807) is 12.0 Å². The van der Waals surface area contributed by atoms with Gasteiger partial charge >= 0.3 is 0 Å². The fourth-order valence-electron chi connectivity index (χ4n) is 4.08. The zero-order valence-electron chi connectivity index (χ0n) is 21.2. The lowest BCUT2D eigenvalue weighted by atomic mass is 10.2.